The van der Waals surface area contributed by atoms with E-state index in [4.69, 9.17) is 14.2 Å². The van der Waals surface area contributed by atoms with Crippen LogP contribution in [0.5, 0.6) is 0 Å². The first-order valence-electron chi connectivity index (χ1n) is 9.87. The van der Waals surface area contributed by atoms with E-state index in [2.05, 4.69) is 0 Å². The van der Waals surface area contributed by atoms with Gasteiger partial charge in [-0.15, -0.1) is 0 Å². The molecule has 0 saturated carbocycles. The Morgan fingerprint density at radius 2 is 1.96 bits per heavy atom. The summed E-state index contributed by atoms with van der Waals surface area (Å²) in [6.45, 7) is 5.06. The molecule has 2 fully saturated rings. The molecule has 5 unspecified atom stereocenters. The number of aliphatic hydroxyl groups is 2. The Hall–Kier alpha value is -0.950. The van der Waals surface area contributed by atoms with Crippen LogP contribution in [0.3, 0.4) is 0 Å². The number of aliphatic hydroxyl groups excluding tert-OH is 1. The molecule has 6 nitrogen and oxygen atoms in total. The molecule has 0 aromatic heterocycles. The van der Waals surface area contributed by atoms with Crippen LogP contribution >= 0.6 is 0 Å². The van der Waals surface area contributed by atoms with Crippen molar-refractivity contribution in [2.24, 2.45) is 11.8 Å². The zero-order valence-corrected chi connectivity index (χ0v) is 15.9. The van der Waals surface area contributed by atoms with Crippen LogP contribution in [0.1, 0.15) is 58.8 Å². The van der Waals surface area contributed by atoms with Crippen LogP contribution in [0, 0.1) is 11.8 Å². The minimum absolute atomic E-state index is 0.0776. The Labute approximate surface area is 155 Å². The quantitative estimate of drug-likeness (QED) is 0.700. The number of rotatable bonds is 6. The number of ether oxygens (including phenoxy) is 3. The highest BCUT2D eigenvalue weighted by atomic mass is 16.6. The molecule has 3 rings (SSSR count). The first-order valence-corrected chi connectivity index (χ1v) is 9.87. The lowest BCUT2D eigenvalue weighted by Crippen LogP contribution is -2.45. The lowest BCUT2D eigenvalue weighted by molar-refractivity contribution is -0.151. The van der Waals surface area contributed by atoms with Gasteiger partial charge in [0.2, 0.25) is 6.29 Å². The maximum atomic E-state index is 11.1. The minimum Gasteiger partial charge on any atom is -0.429 e. The third kappa shape index (κ3) is 5.06. The number of esters is 1. The highest BCUT2D eigenvalue weighted by molar-refractivity contribution is 5.85. The summed E-state index contributed by atoms with van der Waals surface area (Å²) in [6, 6.07) is 0. The van der Waals surface area contributed by atoms with E-state index in [1.54, 1.807) is 0 Å². The number of hydrogen-bond acceptors (Lipinski definition) is 6. The van der Waals surface area contributed by atoms with Crippen molar-refractivity contribution in [2.75, 3.05) is 13.2 Å². The van der Waals surface area contributed by atoms with Gasteiger partial charge in [0.15, 0.2) is 0 Å². The summed E-state index contributed by atoms with van der Waals surface area (Å²) in [5.74, 6) is 0.519. The minimum atomic E-state index is -1.05. The van der Waals surface area contributed by atoms with E-state index >= 15 is 0 Å². The average molecular weight is 368 g/mol. The molecular weight excluding hydrogens is 336 g/mol. The predicted octanol–water partition coefficient (Wildman–Crippen LogP) is 2.32. The largest absolute Gasteiger partial charge is 0.429 e. The summed E-state index contributed by atoms with van der Waals surface area (Å²) in [7, 11) is 0. The Bertz CT molecular complexity index is 507. The maximum absolute atomic E-state index is 11.1. The topological polar surface area (TPSA) is 85.2 Å². The summed E-state index contributed by atoms with van der Waals surface area (Å²) in [4.78, 5) is 11.1. The van der Waals surface area contributed by atoms with Crippen molar-refractivity contribution in [1.29, 1.82) is 0 Å². The van der Waals surface area contributed by atoms with Crippen molar-refractivity contribution in [3.05, 3.63) is 11.6 Å². The monoisotopic (exact) mass is 368 g/mol. The molecule has 0 aliphatic carbocycles. The second kappa shape index (κ2) is 8.38. The molecule has 3 aliphatic rings. The SMILES string of the molecule is CC(C)(O)C1CCC(C2CCC(CCCC3=CC(=O)OC3O)CO2)CO1. The summed E-state index contributed by atoms with van der Waals surface area (Å²) >= 11 is 0. The summed E-state index contributed by atoms with van der Waals surface area (Å²) < 4.78 is 16.7. The van der Waals surface area contributed by atoms with E-state index in [0.717, 1.165) is 45.1 Å². The summed E-state index contributed by atoms with van der Waals surface area (Å²) in [5.41, 5.74) is -0.0908. The molecule has 148 valence electrons. The van der Waals surface area contributed by atoms with Gasteiger partial charge in [-0.05, 0) is 64.7 Å². The Kier molecular flexibility index (Phi) is 6.38. The molecule has 3 aliphatic heterocycles. The fourth-order valence-electron chi connectivity index (χ4n) is 4.28. The fourth-order valence-corrected chi connectivity index (χ4v) is 4.28. The van der Waals surface area contributed by atoms with Crippen LogP contribution in [0.4, 0.5) is 0 Å². The number of hydrogen-bond donors (Lipinski definition) is 2. The van der Waals surface area contributed by atoms with E-state index in [-0.39, 0.29) is 12.2 Å². The molecule has 0 aromatic carbocycles. The normalized spacial score (nSPS) is 35.9. The summed E-state index contributed by atoms with van der Waals surface area (Å²) in [6.07, 6.45) is 7.33. The van der Waals surface area contributed by atoms with Crippen LogP contribution in [-0.4, -0.2) is 53.5 Å². The predicted molar refractivity (Wildman–Crippen MR) is 95.3 cm³/mol. The molecular formula is C20H32O6. The highest BCUT2D eigenvalue weighted by Crippen LogP contribution is 2.34. The van der Waals surface area contributed by atoms with E-state index in [1.165, 1.54) is 6.08 Å². The van der Waals surface area contributed by atoms with Crippen LogP contribution < -0.4 is 0 Å². The molecule has 0 amide bonds. The van der Waals surface area contributed by atoms with Gasteiger partial charge in [0.05, 0.1) is 24.4 Å². The smallest absolute Gasteiger partial charge is 0.333 e. The van der Waals surface area contributed by atoms with Crippen molar-refractivity contribution >= 4 is 5.97 Å². The van der Waals surface area contributed by atoms with Gasteiger partial charge in [-0.1, -0.05) is 0 Å². The average Bonchev–Trinajstić information content (AvgIpc) is 2.92. The maximum Gasteiger partial charge on any atom is 0.333 e. The van der Waals surface area contributed by atoms with Crippen LogP contribution in [-0.2, 0) is 19.0 Å². The molecule has 0 aromatic rings. The van der Waals surface area contributed by atoms with E-state index in [9.17, 15) is 15.0 Å². The number of carbonyl (C=O) groups excluding carboxylic acids is 1. The van der Waals surface area contributed by atoms with Crippen molar-refractivity contribution < 1.29 is 29.2 Å². The second-order valence-corrected chi connectivity index (χ2v) is 8.53. The van der Waals surface area contributed by atoms with E-state index < -0.39 is 17.9 Å². The first kappa shape index (κ1) is 19.8. The molecule has 5 atom stereocenters. The lowest BCUT2D eigenvalue weighted by atomic mass is 9.83. The Morgan fingerprint density at radius 3 is 2.50 bits per heavy atom. The molecule has 0 bridgehead atoms. The number of cyclic esters (lactones) is 1. The van der Waals surface area contributed by atoms with Gasteiger partial charge in [-0.3, -0.25) is 0 Å². The Morgan fingerprint density at radius 1 is 1.15 bits per heavy atom. The van der Waals surface area contributed by atoms with Crippen molar-refractivity contribution in [3.8, 4) is 0 Å². The van der Waals surface area contributed by atoms with Crippen molar-refractivity contribution in [1.82, 2.24) is 0 Å². The van der Waals surface area contributed by atoms with Gasteiger partial charge < -0.3 is 24.4 Å². The third-order valence-electron chi connectivity index (χ3n) is 5.96. The number of carbonyl (C=O) groups is 1. The van der Waals surface area contributed by atoms with Gasteiger partial charge in [0.25, 0.3) is 0 Å². The standard InChI is InChI=1S/C20H32O6/c1-20(2,23)17-9-7-15(12-25-17)16-8-6-13(11-24-16)4-3-5-14-10-18(21)26-19(14)22/h10,13,15-17,19,22-23H,3-9,11-12H2,1-2H3. The second-order valence-electron chi connectivity index (χ2n) is 8.53. The third-order valence-corrected chi connectivity index (χ3v) is 5.96. The molecule has 2 N–H and O–H groups in total. The molecule has 26 heavy (non-hydrogen) atoms. The van der Waals surface area contributed by atoms with Crippen molar-refractivity contribution in [2.45, 2.75) is 82.9 Å². The van der Waals surface area contributed by atoms with E-state index in [0.29, 0.717) is 30.4 Å². The lowest BCUT2D eigenvalue weighted by Gasteiger charge is -2.40. The van der Waals surface area contributed by atoms with Gasteiger partial charge in [0.1, 0.15) is 0 Å². The van der Waals surface area contributed by atoms with Gasteiger partial charge in [-0.2, -0.15) is 0 Å². The highest BCUT2D eigenvalue weighted by Gasteiger charge is 2.36. The van der Waals surface area contributed by atoms with Crippen molar-refractivity contribution in [3.63, 3.8) is 0 Å². The fraction of sp³-hybridized carbons (Fsp3) is 0.850. The Balaban J connectivity index is 1.33. The van der Waals surface area contributed by atoms with Crippen LogP contribution in [0.25, 0.3) is 0 Å². The van der Waals surface area contributed by atoms with Gasteiger partial charge in [0, 0.05) is 24.2 Å². The first-order chi connectivity index (χ1) is 12.3. The summed E-state index contributed by atoms with van der Waals surface area (Å²) in [5, 5.41) is 19.6. The molecule has 0 radical (unpaired) electrons. The van der Waals surface area contributed by atoms with Crippen LogP contribution in [0.2, 0.25) is 0 Å². The van der Waals surface area contributed by atoms with Gasteiger partial charge >= 0.3 is 5.97 Å². The van der Waals surface area contributed by atoms with Crippen LogP contribution in [0.15, 0.2) is 11.6 Å². The molecule has 3 heterocycles. The molecule has 6 heteroatoms. The zero-order chi connectivity index (χ0) is 18.7. The molecule has 2 saturated heterocycles. The molecule has 0 spiro atoms. The van der Waals surface area contributed by atoms with Gasteiger partial charge in [-0.25, -0.2) is 4.79 Å². The zero-order valence-electron chi connectivity index (χ0n) is 15.9. The van der Waals surface area contributed by atoms with E-state index in [1.807, 2.05) is 13.8 Å².